The largest absolute Gasteiger partial charge is 0.299 e. The number of likely N-dealkylation sites (tertiary alicyclic amines) is 1. The molecule has 2 rings (SSSR count). The van der Waals surface area contributed by atoms with Crippen molar-refractivity contribution in [3.05, 3.63) is 35.9 Å². The maximum absolute atomic E-state index is 11.0. The summed E-state index contributed by atoms with van der Waals surface area (Å²) in [7, 11) is -3.32. The Hall–Kier alpha value is -0.910. The Morgan fingerprint density at radius 2 is 1.78 bits per heavy atom. The fraction of sp³-hybridized carbons (Fsp3) is 0.538. The summed E-state index contributed by atoms with van der Waals surface area (Å²) in [6.07, 6.45) is 1.84. The number of hydrogen-bond acceptors (Lipinski definition) is 3. The van der Waals surface area contributed by atoms with Crippen LogP contribution < -0.4 is 5.14 Å². The highest BCUT2D eigenvalue weighted by Crippen LogP contribution is 2.19. The smallest absolute Gasteiger partial charge is 0.209 e. The molecule has 0 aliphatic carbocycles. The molecule has 5 heteroatoms. The van der Waals surface area contributed by atoms with Gasteiger partial charge in [0.25, 0.3) is 0 Å². The second-order valence-corrected chi connectivity index (χ2v) is 6.69. The Bertz CT molecular complexity index is 465. The lowest BCUT2D eigenvalue weighted by Crippen LogP contribution is -2.36. The summed E-state index contributed by atoms with van der Waals surface area (Å²) in [5, 5.41) is 5.08. The molecule has 0 aromatic heterocycles. The number of benzene rings is 1. The second kappa shape index (κ2) is 5.82. The molecule has 2 N–H and O–H groups in total. The monoisotopic (exact) mass is 268 g/mol. The SMILES string of the molecule is NS(=O)(=O)CC1CCN(Cc2ccccc2)CC1. The van der Waals surface area contributed by atoms with E-state index in [1.165, 1.54) is 5.56 Å². The Morgan fingerprint density at radius 1 is 1.17 bits per heavy atom. The highest BCUT2D eigenvalue weighted by atomic mass is 32.2. The Kier molecular flexibility index (Phi) is 4.37. The van der Waals surface area contributed by atoms with E-state index in [0.29, 0.717) is 0 Å². The predicted molar refractivity (Wildman–Crippen MR) is 72.4 cm³/mol. The molecule has 1 saturated heterocycles. The number of nitrogens with two attached hydrogens (primary N) is 1. The van der Waals surface area contributed by atoms with Crippen LogP contribution in [0.3, 0.4) is 0 Å². The van der Waals surface area contributed by atoms with Gasteiger partial charge >= 0.3 is 0 Å². The van der Waals surface area contributed by atoms with Gasteiger partial charge in [-0.05, 0) is 37.4 Å². The standard InChI is InChI=1S/C13H20N2O2S/c14-18(16,17)11-13-6-8-15(9-7-13)10-12-4-2-1-3-5-12/h1-5,13H,6-11H2,(H2,14,16,17). The van der Waals surface area contributed by atoms with E-state index >= 15 is 0 Å². The third-order valence-electron chi connectivity index (χ3n) is 3.42. The van der Waals surface area contributed by atoms with Crippen molar-refractivity contribution in [3.8, 4) is 0 Å². The van der Waals surface area contributed by atoms with E-state index in [4.69, 9.17) is 5.14 Å². The molecule has 1 aromatic rings. The number of nitrogens with zero attached hydrogens (tertiary/aromatic N) is 1. The van der Waals surface area contributed by atoms with E-state index in [0.717, 1.165) is 32.5 Å². The minimum Gasteiger partial charge on any atom is -0.299 e. The van der Waals surface area contributed by atoms with Gasteiger partial charge in [0, 0.05) is 6.54 Å². The maximum atomic E-state index is 11.0. The fourth-order valence-corrected chi connectivity index (χ4v) is 3.47. The van der Waals surface area contributed by atoms with Crippen LogP contribution in [-0.4, -0.2) is 32.2 Å². The summed E-state index contributed by atoms with van der Waals surface area (Å²) < 4.78 is 22.1. The van der Waals surface area contributed by atoms with Crippen LogP contribution in [0.2, 0.25) is 0 Å². The van der Waals surface area contributed by atoms with Crippen LogP contribution in [0.25, 0.3) is 0 Å². The van der Waals surface area contributed by atoms with E-state index in [1.807, 2.05) is 18.2 Å². The van der Waals surface area contributed by atoms with Gasteiger partial charge in [0.15, 0.2) is 0 Å². The first-order chi connectivity index (χ1) is 8.53. The molecule has 0 saturated carbocycles. The van der Waals surface area contributed by atoms with E-state index in [9.17, 15) is 8.42 Å². The van der Waals surface area contributed by atoms with Gasteiger partial charge in [0.1, 0.15) is 0 Å². The number of rotatable bonds is 4. The molecule has 0 spiro atoms. The number of hydrogen-bond donors (Lipinski definition) is 1. The third-order valence-corrected chi connectivity index (χ3v) is 4.36. The van der Waals surface area contributed by atoms with Crippen LogP contribution in [0.1, 0.15) is 18.4 Å². The third kappa shape index (κ3) is 4.40. The van der Waals surface area contributed by atoms with Crippen molar-refractivity contribution in [2.24, 2.45) is 11.1 Å². The lowest BCUT2D eigenvalue weighted by Gasteiger charge is -2.31. The molecular formula is C13H20N2O2S. The Labute approximate surface area is 109 Å². The van der Waals surface area contributed by atoms with Gasteiger partial charge in [-0.1, -0.05) is 30.3 Å². The van der Waals surface area contributed by atoms with E-state index in [-0.39, 0.29) is 11.7 Å². The average Bonchev–Trinajstić information content (AvgIpc) is 2.31. The van der Waals surface area contributed by atoms with Crippen molar-refractivity contribution >= 4 is 10.0 Å². The summed E-state index contributed by atoms with van der Waals surface area (Å²) in [6, 6.07) is 10.3. The molecule has 0 unspecified atom stereocenters. The molecule has 100 valence electrons. The first-order valence-electron chi connectivity index (χ1n) is 6.30. The first-order valence-corrected chi connectivity index (χ1v) is 8.01. The molecule has 18 heavy (non-hydrogen) atoms. The van der Waals surface area contributed by atoms with Crippen molar-refractivity contribution in [2.45, 2.75) is 19.4 Å². The van der Waals surface area contributed by atoms with Crippen molar-refractivity contribution in [2.75, 3.05) is 18.8 Å². The first kappa shape index (κ1) is 13.5. The molecule has 1 heterocycles. The van der Waals surface area contributed by atoms with Crippen LogP contribution in [0.15, 0.2) is 30.3 Å². The molecule has 0 atom stereocenters. The minimum absolute atomic E-state index is 0.131. The summed E-state index contributed by atoms with van der Waals surface area (Å²) in [4.78, 5) is 2.37. The fourth-order valence-electron chi connectivity index (χ4n) is 2.48. The van der Waals surface area contributed by atoms with Crippen molar-refractivity contribution < 1.29 is 8.42 Å². The van der Waals surface area contributed by atoms with Crippen LogP contribution in [0, 0.1) is 5.92 Å². The lowest BCUT2D eigenvalue weighted by molar-refractivity contribution is 0.186. The Morgan fingerprint density at radius 3 is 2.33 bits per heavy atom. The zero-order valence-electron chi connectivity index (χ0n) is 10.5. The summed E-state index contributed by atoms with van der Waals surface area (Å²) in [5.41, 5.74) is 1.31. The van der Waals surface area contributed by atoms with Crippen molar-refractivity contribution in [3.63, 3.8) is 0 Å². The number of sulfonamides is 1. The van der Waals surface area contributed by atoms with Crippen LogP contribution >= 0.6 is 0 Å². The van der Waals surface area contributed by atoms with Crippen molar-refractivity contribution in [1.82, 2.24) is 4.90 Å². The van der Waals surface area contributed by atoms with Crippen molar-refractivity contribution in [1.29, 1.82) is 0 Å². The Balaban J connectivity index is 1.80. The van der Waals surface area contributed by atoms with Crippen LogP contribution in [0.5, 0.6) is 0 Å². The molecule has 0 radical (unpaired) electrons. The van der Waals surface area contributed by atoms with Gasteiger partial charge in [-0.15, -0.1) is 0 Å². The number of primary sulfonamides is 1. The molecule has 1 aliphatic heterocycles. The molecule has 0 bridgehead atoms. The summed E-state index contributed by atoms with van der Waals surface area (Å²) in [5.74, 6) is 0.360. The minimum atomic E-state index is -3.32. The normalized spacial score (nSPS) is 18.9. The average molecular weight is 268 g/mol. The molecule has 4 nitrogen and oxygen atoms in total. The lowest BCUT2D eigenvalue weighted by atomic mass is 9.98. The summed E-state index contributed by atoms with van der Waals surface area (Å²) >= 11 is 0. The topological polar surface area (TPSA) is 63.4 Å². The van der Waals surface area contributed by atoms with Crippen LogP contribution in [0.4, 0.5) is 0 Å². The van der Waals surface area contributed by atoms with Gasteiger partial charge in [0.2, 0.25) is 10.0 Å². The molecule has 1 aromatic carbocycles. The quantitative estimate of drug-likeness (QED) is 0.892. The molecule has 1 aliphatic rings. The van der Waals surface area contributed by atoms with Gasteiger partial charge in [-0.25, -0.2) is 13.6 Å². The van der Waals surface area contributed by atoms with Gasteiger partial charge < -0.3 is 0 Å². The highest BCUT2D eigenvalue weighted by Gasteiger charge is 2.22. The van der Waals surface area contributed by atoms with Gasteiger partial charge in [-0.2, -0.15) is 0 Å². The van der Waals surface area contributed by atoms with Gasteiger partial charge in [0.05, 0.1) is 5.75 Å². The molecular weight excluding hydrogens is 248 g/mol. The van der Waals surface area contributed by atoms with E-state index in [2.05, 4.69) is 17.0 Å². The molecule has 0 amide bonds. The zero-order valence-corrected chi connectivity index (χ0v) is 11.3. The predicted octanol–water partition coefficient (Wildman–Crippen LogP) is 1.19. The summed E-state index contributed by atoms with van der Waals surface area (Å²) in [6.45, 7) is 2.85. The van der Waals surface area contributed by atoms with E-state index < -0.39 is 10.0 Å². The van der Waals surface area contributed by atoms with Gasteiger partial charge in [-0.3, -0.25) is 4.90 Å². The second-order valence-electron chi connectivity index (χ2n) is 5.03. The number of piperidine rings is 1. The molecule has 1 fully saturated rings. The highest BCUT2D eigenvalue weighted by molar-refractivity contribution is 7.89. The van der Waals surface area contributed by atoms with Crippen LogP contribution in [-0.2, 0) is 16.6 Å². The zero-order chi connectivity index (χ0) is 13.0. The maximum Gasteiger partial charge on any atom is 0.209 e. The van der Waals surface area contributed by atoms with E-state index in [1.54, 1.807) is 0 Å².